The van der Waals surface area contributed by atoms with Crippen molar-refractivity contribution < 1.29 is 4.74 Å². The minimum atomic E-state index is 0.233. The predicted octanol–water partition coefficient (Wildman–Crippen LogP) is 1.51. The molecule has 2 N–H and O–H groups in total. The van der Waals surface area contributed by atoms with Gasteiger partial charge in [-0.25, -0.2) is 4.98 Å². The highest BCUT2D eigenvalue weighted by Gasteiger charge is 2.16. The molecule has 1 saturated heterocycles. The van der Waals surface area contributed by atoms with Crippen LogP contribution in [0.4, 0.5) is 11.9 Å². The van der Waals surface area contributed by atoms with Crippen LogP contribution in [0.15, 0.2) is 18.3 Å². The molecule has 1 aliphatic heterocycles. The van der Waals surface area contributed by atoms with Crippen molar-refractivity contribution in [1.29, 1.82) is 0 Å². The number of ether oxygens (including phenoxy) is 1. The zero-order chi connectivity index (χ0) is 14.7. The normalized spacial score (nSPS) is 15.0. The smallest absolute Gasteiger partial charge is 0.230 e. The standard InChI is InChI=1S/C14H18N6O/c1-21-11-6-5-10(9-16-11)12-17-13(15)19-14(18-12)20-7-3-2-4-8-20/h5-6,9H,2-4,7-8H2,1H3,(H2,15,17,18,19). The molecule has 0 amide bonds. The molecular formula is C14H18N6O. The minimum Gasteiger partial charge on any atom is -0.481 e. The summed E-state index contributed by atoms with van der Waals surface area (Å²) >= 11 is 0. The van der Waals surface area contributed by atoms with Crippen molar-refractivity contribution in [3.63, 3.8) is 0 Å². The van der Waals surface area contributed by atoms with Gasteiger partial charge in [0.2, 0.25) is 17.8 Å². The van der Waals surface area contributed by atoms with E-state index in [2.05, 4.69) is 24.8 Å². The van der Waals surface area contributed by atoms with Crippen LogP contribution < -0.4 is 15.4 Å². The molecule has 0 aromatic carbocycles. The van der Waals surface area contributed by atoms with Crippen molar-refractivity contribution in [3.8, 4) is 17.3 Å². The quantitative estimate of drug-likeness (QED) is 0.914. The van der Waals surface area contributed by atoms with Gasteiger partial charge in [-0.1, -0.05) is 0 Å². The lowest BCUT2D eigenvalue weighted by Crippen LogP contribution is -2.31. The summed E-state index contributed by atoms with van der Waals surface area (Å²) in [4.78, 5) is 19.3. The average molecular weight is 286 g/mol. The van der Waals surface area contributed by atoms with Crippen LogP contribution in [-0.4, -0.2) is 40.1 Å². The first-order chi connectivity index (χ1) is 10.3. The average Bonchev–Trinajstić information content (AvgIpc) is 2.55. The maximum atomic E-state index is 5.83. The highest BCUT2D eigenvalue weighted by molar-refractivity contribution is 5.57. The van der Waals surface area contributed by atoms with Crippen LogP contribution in [0, 0.1) is 0 Å². The molecule has 3 heterocycles. The third-order valence-corrected chi connectivity index (χ3v) is 3.48. The van der Waals surface area contributed by atoms with Crippen molar-refractivity contribution in [2.75, 3.05) is 30.8 Å². The highest BCUT2D eigenvalue weighted by Crippen LogP contribution is 2.21. The Morgan fingerprint density at radius 2 is 1.90 bits per heavy atom. The van der Waals surface area contributed by atoms with Crippen LogP contribution in [0.3, 0.4) is 0 Å². The second kappa shape index (κ2) is 5.90. The van der Waals surface area contributed by atoms with Crippen LogP contribution in [0.2, 0.25) is 0 Å². The molecule has 1 fully saturated rings. The molecule has 0 unspecified atom stereocenters. The third kappa shape index (κ3) is 3.01. The van der Waals surface area contributed by atoms with Crippen molar-refractivity contribution in [2.45, 2.75) is 19.3 Å². The largest absolute Gasteiger partial charge is 0.481 e. The summed E-state index contributed by atoms with van der Waals surface area (Å²) in [6.07, 6.45) is 5.25. The lowest BCUT2D eigenvalue weighted by molar-refractivity contribution is 0.398. The number of hydrogen-bond donors (Lipinski definition) is 1. The number of nitrogens with two attached hydrogens (primary N) is 1. The molecule has 7 heteroatoms. The van der Waals surface area contributed by atoms with E-state index in [0.29, 0.717) is 17.7 Å². The Balaban J connectivity index is 1.92. The Morgan fingerprint density at radius 1 is 1.10 bits per heavy atom. The molecule has 0 atom stereocenters. The minimum absolute atomic E-state index is 0.233. The van der Waals surface area contributed by atoms with Gasteiger partial charge in [-0.05, 0) is 25.3 Å². The number of nitrogens with zero attached hydrogens (tertiary/aromatic N) is 5. The maximum absolute atomic E-state index is 5.83. The van der Waals surface area contributed by atoms with Crippen LogP contribution in [0.25, 0.3) is 11.4 Å². The molecule has 0 radical (unpaired) electrons. The number of anilines is 2. The summed E-state index contributed by atoms with van der Waals surface area (Å²) in [5.41, 5.74) is 6.62. The molecule has 110 valence electrons. The molecule has 21 heavy (non-hydrogen) atoms. The van der Waals surface area contributed by atoms with Gasteiger partial charge in [0, 0.05) is 30.9 Å². The number of nitrogen functional groups attached to an aromatic ring is 1. The van der Waals surface area contributed by atoms with Crippen LogP contribution >= 0.6 is 0 Å². The Labute approximate surface area is 123 Å². The summed E-state index contributed by atoms with van der Waals surface area (Å²) in [6.45, 7) is 1.92. The summed E-state index contributed by atoms with van der Waals surface area (Å²) in [5.74, 6) is 1.97. The van der Waals surface area contributed by atoms with Gasteiger partial charge >= 0.3 is 0 Å². The molecule has 2 aromatic rings. The Morgan fingerprint density at radius 3 is 2.57 bits per heavy atom. The second-order valence-electron chi connectivity index (χ2n) is 4.95. The van der Waals surface area contributed by atoms with E-state index < -0.39 is 0 Å². The SMILES string of the molecule is COc1ccc(-c2nc(N)nc(N3CCCCC3)n2)cn1. The van der Waals surface area contributed by atoms with Crippen LogP contribution in [0.5, 0.6) is 5.88 Å². The van der Waals surface area contributed by atoms with Crippen LogP contribution in [0.1, 0.15) is 19.3 Å². The summed E-state index contributed by atoms with van der Waals surface area (Å²) in [7, 11) is 1.58. The Bertz CT molecular complexity index is 609. The number of hydrogen-bond acceptors (Lipinski definition) is 7. The van der Waals surface area contributed by atoms with Gasteiger partial charge < -0.3 is 15.4 Å². The summed E-state index contributed by atoms with van der Waals surface area (Å²) in [5, 5.41) is 0. The number of methoxy groups -OCH3 is 1. The van der Waals surface area contributed by atoms with Gasteiger partial charge in [0.15, 0.2) is 5.82 Å². The molecule has 3 rings (SSSR count). The van der Waals surface area contributed by atoms with Gasteiger partial charge in [0.05, 0.1) is 7.11 Å². The number of piperidine rings is 1. The van der Waals surface area contributed by atoms with E-state index in [4.69, 9.17) is 10.5 Å². The van der Waals surface area contributed by atoms with E-state index in [1.807, 2.05) is 6.07 Å². The first-order valence-corrected chi connectivity index (χ1v) is 7.03. The molecule has 0 saturated carbocycles. The fourth-order valence-corrected chi connectivity index (χ4v) is 2.38. The van der Waals surface area contributed by atoms with E-state index >= 15 is 0 Å². The van der Waals surface area contributed by atoms with E-state index in [1.165, 1.54) is 6.42 Å². The van der Waals surface area contributed by atoms with Crippen molar-refractivity contribution in [1.82, 2.24) is 19.9 Å². The fraction of sp³-hybridized carbons (Fsp3) is 0.429. The van der Waals surface area contributed by atoms with E-state index in [-0.39, 0.29) is 5.95 Å². The van der Waals surface area contributed by atoms with Gasteiger partial charge in [0.1, 0.15) is 0 Å². The fourth-order valence-electron chi connectivity index (χ4n) is 2.38. The van der Waals surface area contributed by atoms with Crippen molar-refractivity contribution >= 4 is 11.9 Å². The Hall–Kier alpha value is -2.44. The molecule has 1 aliphatic rings. The number of aromatic nitrogens is 4. The number of rotatable bonds is 3. The zero-order valence-electron chi connectivity index (χ0n) is 12.0. The summed E-state index contributed by atoms with van der Waals surface area (Å²) in [6, 6.07) is 3.64. The van der Waals surface area contributed by atoms with Gasteiger partial charge in [-0.3, -0.25) is 0 Å². The molecule has 0 aliphatic carbocycles. The predicted molar refractivity (Wildman–Crippen MR) is 80.1 cm³/mol. The van der Waals surface area contributed by atoms with Gasteiger partial charge in [0.25, 0.3) is 0 Å². The van der Waals surface area contributed by atoms with Crippen LogP contribution in [-0.2, 0) is 0 Å². The molecule has 7 nitrogen and oxygen atoms in total. The first-order valence-electron chi connectivity index (χ1n) is 7.03. The zero-order valence-corrected chi connectivity index (χ0v) is 12.0. The molecular weight excluding hydrogens is 268 g/mol. The first kappa shape index (κ1) is 13.5. The lowest BCUT2D eigenvalue weighted by atomic mass is 10.1. The van der Waals surface area contributed by atoms with Gasteiger partial charge in [-0.2, -0.15) is 15.0 Å². The maximum Gasteiger partial charge on any atom is 0.230 e. The van der Waals surface area contributed by atoms with E-state index in [0.717, 1.165) is 31.5 Å². The monoisotopic (exact) mass is 286 g/mol. The van der Waals surface area contributed by atoms with Crippen molar-refractivity contribution in [2.24, 2.45) is 0 Å². The van der Waals surface area contributed by atoms with E-state index in [1.54, 1.807) is 19.4 Å². The topological polar surface area (TPSA) is 90.0 Å². The lowest BCUT2D eigenvalue weighted by Gasteiger charge is -2.26. The highest BCUT2D eigenvalue weighted by atomic mass is 16.5. The third-order valence-electron chi connectivity index (χ3n) is 3.48. The second-order valence-corrected chi connectivity index (χ2v) is 4.95. The Kier molecular flexibility index (Phi) is 3.81. The van der Waals surface area contributed by atoms with Crippen molar-refractivity contribution in [3.05, 3.63) is 18.3 Å². The van der Waals surface area contributed by atoms with Gasteiger partial charge in [-0.15, -0.1) is 0 Å². The number of pyridine rings is 1. The summed E-state index contributed by atoms with van der Waals surface area (Å²) < 4.78 is 5.05. The molecule has 2 aromatic heterocycles. The molecule has 0 bridgehead atoms. The van der Waals surface area contributed by atoms with E-state index in [9.17, 15) is 0 Å². The molecule has 0 spiro atoms.